The number of halogens is 1. The Bertz CT molecular complexity index is 408. The number of amides is 1. The SMILES string of the molecule is CCC(C)(NC(C)c1cccc(Br)c1)C(N)=O. The van der Waals surface area contributed by atoms with Crippen LogP contribution >= 0.6 is 15.9 Å². The van der Waals surface area contributed by atoms with Crippen LogP contribution in [0.25, 0.3) is 0 Å². The van der Waals surface area contributed by atoms with E-state index in [-0.39, 0.29) is 11.9 Å². The molecule has 0 saturated carbocycles. The molecule has 2 atom stereocenters. The molecule has 1 rings (SSSR count). The van der Waals surface area contributed by atoms with Crippen LogP contribution in [0.3, 0.4) is 0 Å². The first kappa shape index (κ1) is 14.2. The van der Waals surface area contributed by atoms with Gasteiger partial charge in [0.15, 0.2) is 0 Å². The van der Waals surface area contributed by atoms with E-state index in [1.54, 1.807) is 0 Å². The summed E-state index contributed by atoms with van der Waals surface area (Å²) in [6, 6.07) is 8.09. The van der Waals surface area contributed by atoms with Crippen LogP contribution in [0.2, 0.25) is 0 Å². The summed E-state index contributed by atoms with van der Waals surface area (Å²) >= 11 is 3.44. The second-order valence-corrected chi connectivity index (χ2v) is 5.39. The van der Waals surface area contributed by atoms with E-state index in [4.69, 9.17) is 5.73 Å². The molecule has 1 amide bonds. The molecule has 0 bridgehead atoms. The Labute approximate surface area is 111 Å². The quantitative estimate of drug-likeness (QED) is 0.878. The number of carbonyl (C=O) groups excluding carboxylic acids is 1. The number of nitrogens with one attached hydrogen (secondary N) is 1. The molecule has 0 aliphatic carbocycles. The molecular weight excluding hydrogens is 280 g/mol. The summed E-state index contributed by atoms with van der Waals surface area (Å²) in [4.78, 5) is 11.4. The van der Waals surface area contributed by atoms with Gasteiger partial charge >= 0.3 is 0 Å². The third-order valence-electron chi connectivity index (χ3n) is 3.13. The van der Waals surface area contributed by atoms with Crippen molar-refractivity contribution in [2.45, 2.75) is 38.8 Å². The number of hydrogen-bond acceptors (Lipinski definition) is 2. The van der Waals surface area contributed by atoms with Gasteiger partial charge in [-0.05, 0) is 38.0 Å². The molecule has 0 fully saturated rings. The Morgan fingerprint density at radius 3 is 2.71 bits per heavy atom. The zero-order chi connectivity index (χ0) is 13.1. The van der Waals surface area contributed by atoms with Crippen molar-refractivity contribution in [2.24, 2.45) is 5.73 Å². The molecule has 1 aromatic rings. The van der Waals surface area contributed by atoms with Crippen molar-refractivity contribution in [2.75, 3.05) is 0 Å². The molecule has 0 aliphatic heterocycles. The minimum atomic E-state index is -0.665. The summed E-state index contributed by atoms with van der Waals surface area (Å²) in [5, 5.41) is 3.29. The van der Waals surface area contributed by atoms with Crippen molar-refractivity contribution in [1.82, 2.24) is 5.32 Å². The number of benzene rings is 1. The summed E-state index contributed by atoms with van der Waals surface area (Å²) in [5.74, 6) is -0.318. The van der Waals surface area contributed by atoms with Crippen molar-refractivity contribution in [3.05, 3.63) is 34.3 Å². The molecule has 4 heteroatoms. The van der Waals surface area contributed by atoms with Crippen LogP contribution in [-0.4, -0.2) is 11.4 Å². The second-order valence-electron chi connectivity index (χ2n) is 4.47. The fourth-order valence-electron chi connectivity index (χ4n) is 1.68. The van der Waals surface area contributed by atoms with E-state index in [1.807, 2.05) is 45.0 Å². The van der Waals surface area contributed by atoms with Crippen LogP contribution in [-0.2, 0) is 4.79 Å². The number of carbonyl (C=O) groups is 1. The standard InChI is InChI=1S/C13H19BrN2O/c1-4-13(3,12(15)17)16-9(2)10-6-5-7-11(14)8-10/h5-9,16H,4H2,1-3H3,(H2,15,17). The molecule has 17 heavy (non-hydrogen) atoms. The highest BCUT2D eigenvalue weighted by Gasteiger charge is 2.30. The van der Waals surface area contributed by atoms with Gasteiger partial charge in [-0.25, -0.2) is 0 Å². The number of nitrogens with two attached hydrogens (primary N) is 1. The van der Waals surface area contributed by atoms with Crippen LogP contribution in [0, 0.1) is 0 Å². The normalized spacial score (nSPS) is 16.2. The van der Waals surface area contributed by atoms with Crippen LogP contribution < -0.4 is 11.1 Å². The highest BCUT2D eigenvalue weighted by Crippen LogP contribution is 2.21. The van der Waals surface area contributed by atoms with E-state index < -0.39 is 5.54 Å². The molecule has 0 radical (unpaired) electrons. The molecular formula is C13H19BrN2O. The van der Waals surface area contributed by atoms with Crippen molar-refractivity contribution >= 4 is 21.8 Å². The Morgan fingerprint density at radius 2 is 2.24 bits per heavy atom. The van der Waals surface area contributed by atoms with Crippen molar-refractivity contribution in [3.63, 3.8) is 0 Å². The first-order valence-corrected chi connectivity index (χ1v) is 6.51. The van der Waals surface area contributed by atoms with E-state index in [9.17, 15) is 4.79 Å². The molecule has 3 N–H and O–H groups in total. The van der Waals surface area contributed by atoms with E-state index in [1.165, 1.54) is 0 Å². The summed E-state index contributed by atoms with van der Waals surface area (Å²) in [6.07, 6.45) is 0.667. The molecule has 2 unspecified atom stereocenters. The van der Waals surface area contributed by atoms with E-state index >= 15 is 0 Å². The van der Waals surface area contributed by atoms with Crippen LogP contribution in [0.15, 0.2) is 28.7 Å². The van der Waals surface area contributed by atoms with Gasteiger partial charge in [-0.3, -0.25) is 10.1 Å². The topological polar surface area (TPSA) is 55.1 Å². The summed E-state index contributed by atoms with van der Waals surface area (Å²) in [5.41, 5.74) is 5.89. The Morgan fingerprint density at radius 1 is 1.59 bits per heavy atom. The van der Waals surface area contributed by atoms with Crippen molar-refractivity contribution in [1.29, 1.82) is 0 Å². The maximum absolute atomic E-state index is 11.4. The first-order chi connectivity index (χ1) is 7.89. The molecule has 94 valence electrons. The van der Waals surface area contributed by atoms with Crippen molar-refractivity contribution in [3.8, 4) is 0 Å². The first-order valence-electron chi connectivity index (χ1n) is 5.72. The monoisotopic (exact) mass is 298 g/mol. The van der Waals surface area contributed by atoms with Gasteiger partial charge in [0.05, 0.1) is 5.54 Å². The fraction of sp³-hybridized carbons (Fsp3) is 0.462. The Hall–Kier alpha value is -0.870. The van der Waals surface area contributed by atoms with E-state index in [0.29, 0.717) is 6.42 Å². The molecule has 0 spiro atoms. The molecule has 0 aromatic heterocycles. The average Bonchev–Trinajstić information content (AvgIpc) is 2.28. The van der Waals surface area contributed by atoms with Gasteiger partial charge < -0.3 is 5.73 Å². The number of hydrogen-bond donors (Lipinski definition) is 2. The van der Waals surface area contributed by atoms with Crippen LogP contribution in [0.5, 0.6) is 0 Å². The lowest BCUT2D eigenvalue weighted by Crippen LogP contribution is -2.53. The Kier molecular flexibility index (Phi) is 4.71. The number of primary amides is 1. The van der Waals surface area contributed by atoms with E-state index in [0.717, 1.165) is 10.0 Å². The van der Waals surface area contributed by atoms with Gasteiger partial charge in [-0.2, -0.15) is 0 Å². The lowest BCUT2D eigenvalue weighted by molar-refractivity contribution is -0.124. The van der Waals surface area contributed by atoms with Gasteiger partial charge in [0.25, 0.3) is 0 Å². The maximum atomic E-state index is 11.4. The summed E-state index contributed by atoms with van der Waals surface area (Å²) in [7, 11) is 0. The van der Waals surface area contributed by atoms with Gasteiger partial charge in [0.2, 0.25) is 5.91 Å². The number of rotatable bonds is 5. The highest BCUT2D eigenvalue weighted by atomic mass is 79.9. The lowest BCUT2D eigenvalue weighted by atomic mass is 9.95. The third kappa shape index (κ3) is 3.54. The highest BCUT2D eigenvalue weighted by molar-refractivity contribution is 9.10. The predicted molar refractivity (Wildman–Crippen MR) is 73.6 cm³/mol. The lowest BCUT2D eigenvalue weighted by Gasteiger charge is -2.30. The fourth-order valence-corrected chi connectivity index (χ4v) is 2.10. The predicted octanol–water partition coefficient (Wildman–Crippen LogP) is 2.75. The minimum absolute atomic E-state index is 0.0740. The molecule has 3 nitrogen and oxygen atoms in total. The Balaban J connectivity index is 2.85. The van der Waals surface area contributed by atoms with Crippen LogP contribution in [0.1, 0.15) is 38.8 Å². The van der Waals surface area contributed by atoms with Crippen LogP contribution in [0.4, 0.5) is 0 Å². The van der Waals surface area contributed by atoms with Gasteiger partial charge in [-0.1, -0.05) is 35.0 Å². The largest absolute Gasteiger partial charge is 0.368 e. The zero-order valence-corrected chi connectivity index (χ0v) is 12.0. The third-order valence-corrected chi connectivity index (χ3v) is 3.63. The van der Waals surface area contributed by atoms with E-state index in [2.05, 4.69) is 21.2 Å². The van der Waals surface area contributed by atoms with Crippen molar-refractivity contribution < 1.29 is 4.79 Å². The van der Waals surface area contributed by atoms with Gasteiger partial charge in [-0.15, -0.1) is 0 Å². The summed E-state index contributed by atoms with van der Waals surface area (Å²) < 4.78 is 1.03. The molecule has 1 aromatic carbocycles. The minimum Gasteiger partial charge on any atom is -0.368 e. The maximum Gasteiger partial charge on any atom is 0.237 e. The average molecular weight is 299 g/mol. The van der Waals surface area contributed by atoms with Gasteiger partial charge in [0.1, 0.15) is 0 Å². The molecule has 0 aliphatic rings. The summed E-state index contributed by atoms with van der Waals surface area (Å²) in [6.45, 7) is 5.81. The molecule has 0 saturated heterocycles. The van der Waals surface area contributed by atoms with Gasteiger partial charge in [0, 0.05) is 10.5 Å². The zero-order valence-electron chi connectivity index (χ0n) is 10.5. The smallest absolute Gasteiger partial charge is 0.237 e. The second kappa shape index (κ2) is 5.65. The molecule has 0 heterocycles.